The highest BCUT2D eigenvalue weighted by atomic mass is 32.2. The third-order valence-electron chi connectivity index (χ3n) is 2.94. The molecule has 112 valence electrons. The number of hydrogen-bond acceptors (Lipinski definition) is 7. The number of nitrogen functional groups attached to an aromatic ring is 1. The SMILES string of the molecule is CSCCCNC(=O)c1sc(N2CCOCC2)nc1N. The summed E-state index contributed by atoms with van der Waals surface area (Å²) in [4.78, 5) is 19.0. The van der Waals surface area contributed by atoms with Gasteiger partial charge in [0.2, 0.25) is 0 Å². The molecule has 1 amide bonds. The number of amides is 1. The number of nitrogens with two attached hydrogens (primary N) is 1. The third kappa shape index (κ3) is 4.00. The van der Waals surface area contributed by atoms with Crippen LogP contribution in [0.15, 0.2) is 0 Å². The van der Waals surface area contributed by atoms with E-state index in [4.69, 9.17) is 10.5 Å². The van der Waals surface area contributed by atoms with E-state index >= 15 is 0 Å². The van der Waals surface area contributed by atoms with E-state index in [1.54, 1.807) is 11.8 Å². The van der Waals surface area contributed by atoms with Gasteiger partial charge in [-0.3, -0.25) is 4.79 Å². The first-order valence-corrected chi connectivity index (χ1v) is 8.79. The quantitative estimate of drug-likeness (QED) is 0.764. The molecule has 1 aromatic heterocycles. The molecule has 0 aromatic carbocycles. The van der Waals surface area contributed by atoms with Crippen LogP contribution in [0.4, 0.5) is 10.9 Å². The first-order valence-electron chi connectivity index (χ1n) is 6.58. The molecule has 1 aliphatic heterocycles. The van der Waals surface area contributed by atoms with Gasteiger partial charge in [0.15, 0.2) is 5.13 Å². The normalized spacial score (nSPS) is 15.3. The number of thioether (sulfide) groups is 1. The van der Waals surface area contributed by atoms with Gasteiger partial charge in [-0.15, -0.1) is 0 Å². The van der Waals surface area contributed by atoms with Gasteiger partial charge in [0.25, 0.3) is 5.91 Å². The molecule has 0 bridgehead atoms. The molecule has 0 unspecified atom stereocenters. The first kappa shape index (κ1) is 15.4. The second-order valence-electron chi connectivity index (χ2n) is 4.41. The lowest BCUT2D eigenvalue weighted by Gasteiger charge is -2.25. The number of nitrogens with zero attached hydrogens (tertiary/aromatic N) is 2. The number of ether oxygens (including phenoxy) is 1. The zero-order valence-electron chi connectivity index (χ0n) is 11.6. The molecule has 0 atom stereocenters. The lowest BCUT2D eigenvalue weighted by molar-refractivity contribution is 0.0958. The highest BCUT2D eigenvalue weighted by Crippen LogP contribution is 2.28. The third-order valence-corrected chi connectivity index (χ3v) is 4.77. The van der Waals surface area contributed by atoms with Crippen LogP contribution in [0.25, 0.3) is 0 Å². The molecule has 2 rings (SSSR count). The van der Waals surface area contributed by atoms with Gasteiger partial charge in [-0.1, -0.05) is 11.3 Å². The molecule has 6 nitrogen and oxygen atoms in total. The zero-order chi connectivity index (χ0) is 14.4. The van der Waals surface area contributed by atoms with Crippen molar-refractivity contribution < 1.29 is 9.53 Å². The number of rotatable bonds is 6. The van der Waals surface area contributed by atoms with Gasteiger partial charge in [0.05, 0.1) is 13.2 Å². The topological polar surface area (TPSA) is 80.5 Å². The molecule has 3 N–H and O–H groups in total. The average molecular weight is 316 g/mol. The van der Waals surface area contributed by atoms with E-state index in [9.17, 15) is 4.79 Å². The maximum Gasteiger partial charge on any atom is 0.265 e. The summed E-state index contributed by atoms with van der Waals surface area (Å²) in [5.41, 5.74) is 5.86. The second-order valence-corrected chi connectivity index (χ2v) is 6.38. The molecule has 0 spiro atoms. The Bertz CT molecular complexity index is 447. The molecule has 0 aliphatic carbocycles. The van der Waals surface area contributed by atoms with Crippen molar-refractivity contribution in [2.45, 2.75) is 6.42 Å². The van der Waals surface area contributed by atoms with E-state index in [1.165, 1.54) is 11.3 Å². The fourth-order valence-corrected chi connectivity index (χ4v) is 3.26. The largest absolute Gasteiger partial charge is 0.382 e. The molecule has 1 aliphatic rings. The highest BCUT2D eigenvalue weighted by Gasteiger charge is 2.20. The standard InChI is InChI=1S/C12H20N4O2S2/c1-19-8-2-3-14-11(17)9-10(13)15-12(20-9)16-4-6-18-7-5-16/h2-8,13H2,1H3,(H,14,17). The van der Waals surface area contributed by atoms with Crippen LogP contribution >= 0.6 is 23.1 Å². The summed E-state index contributed by atoms with van der Waals surface area (Å²) in [6, 6.07) is 0. The van der Waals surface area contributed by atoms with E-state index < -0.39 is 0 Å². The summed E-state index contributed by atoms with van der Waals surface area (Å²) in [6.07, 6.45) is 3.01. The Balaban J connectivity index is 1.94. The Morgan fingerprint density at radius 3 is 3.00 bits per heavy atom. The second kappa shape index (κ2) is 7.70. The van der Waals surface area contributed by atoms with Crippen molar-refractivity contribution in [3.8, 4) is 0 Å². The summed E-state index contributed by atoms with van der Waals surface area (Å²) in [5, 5.41) is 3.69. The van der Waals surface area contributed by atoms with E-state index in [1.807, 2.05) is 0 Å². The number of morpholine rings is 1. The van der Waals surface area contributed by atoms with Crippen LogP contribution in [-0.4, -0.2) is 55.7 Å². The number of carbonyl (C=O) groups excluding carboxylic acids is 1. The van der Waals surface area contributed by atoms with Gasteiger partial charge in [0, 0.05) is 19.6 Å². The van der Waals surface area contributed by atoms with E-state index in [0.29, 0.717) is 30.5 Å². The zero-order valence-corrected chi connectivity index (χ0v) is 13.2. The number of hydrogen-bond donors (Lipinski definition) is 2. The number of carbonyl (C=O) groups is 1. The van der Waals surface area contributed by atoms with Crippen LogP contribution in [-0.2, 0) is 4.74 Å². The van der Waals surface area contributed by atoms with Crippen LogP contribution in [0.5, 0.6) is 0 Å². The van der Waals surface area contributed by atoms with E-state index in [-0.39, 0.29) is 5.91 Å². The molecule has 20 heavy (non-hydrogen) atoms. The van der Waals surface area contributed by atoms with Crippen LogP contribution < -0.4 is 16.0 Å². The summed E-state index contributed by atoms with van der Waals surface area (Å²) < 4.78 is 5.30. The van der Waals surface area contributed by atoms with Crippen molar-refractivity contribution in [3.63, 3.8) is 0 Å². The van der Waals surface area contributed by atoms with Crippen molar-refractivity contribution in [1.82, 2.24) is 10.3 Å². The number of nitrogens with one attached hydrogen (secondary N) is 1. The molecule has 0 saturated carbocycles. The van der Waals surface area contributed by atoms with Crippen molar-refractivity contribution in [1.29, 1.82) is 0 Å². The minimum atomic E-state index is -0.124. The van der Waals surface area contributed by atoms with Crippen molar-refractivity contribution >= 4 is 40.0 Å². The van der Waals surface area contributed by atoms with Crippen molar-refractivity contribution in [2.75, 3.05) is 55.5 Å². The number of anilines is 2. The fourth-order valence-electron chi connectivity index (χ4n) is 1.87. The Kier molecular flexibility index (Phi) is 5.93. The smallest absolute Gasteiger partial charge is 0.265 e. The van der Waals surface area contributed by atoms with Crippen LogP contribution in [0.3, 0.4) is 0 Å². The van der Waals surface area contributed by atoms with E-state index in [0.717, 1.165) is 30.4 Å². The van der Waals surface area contributed by atoms with E-state index in [2.05, 4.69) is 21.5 Å². The summed E-state index contributed by atoms with van der Waals surface area (Å²) in [7, 11) is 0. The van der Waals surface area contributed by atoms with Gasteiger partial charge in [-0.2, -0.15) is 11.8 Å². The number of aromatic nitrogens is 1. The average Bonchev–Trinajstić information content (AvgIpc) is 2.86. The predicted octanol–water partition coefficient (Wildman–Crippen LogP) is 1.04. The van der Waals surface area contributed by atoms with Gasteiger partial charge >= 0.3 is 0 Å². The fraction of sp³-hybridized carbons (Fsp3) is 0.667. The molecule has 0 radical (unpaired) electrons. The Labute approximate surface area is 127 Å². The minimum absolute atomic E-state index is 0.124. The lowest BCUT2D eigenvalue weighted by atomic mass is 10.4. The van der Waals surface area contributed by atoms with Crippen LogP contribution in [0.1, 0.15) is 16.1 Å². The molecule has 2 heterocycles. The molecular weight excluding hydrogens is 296 g/mol. The lowest BCUT2D eigenvalue weighted by Crippen LogP contribution is -2.36. The van der Waals surface area contributed by atoms with Gasteiger partial charge < -0.3 is 20.7 Å². The van der Waals surface area contributed by atoms with Crippen molar-refractivity contribution in [2.24, 2.45) is 0 Å². The van der Waals surface area contributed by atoms with Gasteiger partial charge in [0.1, 0.15) is 10.7 Å². The highest BCUT2D eigenvalue weighted by molar-refractivity contribution is 7.98. The molecule has 1 aromatic rings. The summed E-state index contributed by atoms with van der Waals surface area (Å²) >= 11 is 3.13. The monoisotopic (exact) mass is 316 g/mol. The number of thiazole rings is 1. The Morgan fingerprint density at radius 1 is 1.55 bits per heavy atom. The summed E-state index contributed by atoms with van der Waals surface area (Å²) in [6.45, 7) is 3.64. The van der Waals surface area contributed by atoms with Crippen molar-refractivity contribution in [3.05, 3.63) is 4.88 Å². The molecular formula is C12H20N4O2S2. The van der Waals surface area contributed by atoms with Gasteiger partial charge in [-0.05, 0) is 18.4 Å². The van der Waals surface area contributed by atoms with Gasteiger partial charge in [-0.25, -0.2) is 4.98 Å². The molecule has 1 fully saturated rings. The van der Waals surface area contributed by atoms with Crippen LogP contribution in [0.2, 0.25) is 0 Å². The minimum Gasteiger partial charge on any atom is -0.382 e. The van der Waals surface area contributed by atoms with Crippen LogP contribution in [0, 0.1) is 0 Å². The Morgan fingerprint density at radius 2 is 2.30 bits per heavy atom. The molecule has 8 heteroatoms. The summed E-state index contributed by atoms with van der Waals surface area (Å²) in [5.74, 6) is 1.23. The predicted molar refractivity (Wildman–Crippen MR) is 84.9 cm³/mol. The maximum atomic E-state index is 12.1. The molecule has 1 saturated heterocycles. The maximum absolute atomic E-state index is 12.1. The first-order chi connectivity index (χ1) is 9.72. The Hall–Kier alpha value is -0.990.